The lowest BCUT2D eigenvalue weighted by molar-refractivity contribution is -0.129. The number of methoxy groups -OCH3 is 2. The van der Waals surface area contributed by atoms with Crippen LogP contribution in [-0.2, 0) is 9.53 Å². The summed E-state index contributed by atoms with van der Waals surface area (Å²) < 4.78 is 16.5. The van der Waals surface area contributed by atoms with E-state index in [1.165, 1.54) is 30.5 Å². The Morgan fingerprint density at radius 1 is 1.11 bits per heavy atom. The minimum absolute atomic E-state index is 0.0263. The number of ketones is 1. The Labute approximate surface area is 226 Å². The van der Waals surface area contributed by atoms with Crippen LogP contribution in [0.5, 0.6) is 11.5 Å². The van der Waals surface area contributed by atoms with Crippen molar-refractivity contribution in [3.63, 3.8) is 0 Å². The number of thiazole rings is 1. The molecule has 38 heavy (non-hydrogen) atoms. The van der Waals surface area contributed by atoms with Gasteiger partial charge in [0.05, 0.1) is 42.5 Å². The number of aliphatic hydroxyl groups is 1. The van der Waals surface area contributed by atoms with Gasteiger partial charge in [0.25, 0.3) is 5.91 Å². The maximum atomic E-state index is 14.0. The topological polar surface area (TPSA) is 98.2 Å². The molecule has 200 valence electrons. The molecule has 0 saturated heterocycles. The van der Waals surface area contributed by atoms with Crippen LogP contribution in [0.15, 0.2) is 59.9 Å². The van der Waals surface area contributed by atoms with E-state index in [1.54, 1.807) is 25.1 Å². The van der Waals surface area contributed by atoms with E-state index >= 15 is 0 Å². The van der Waals surface area contributed by atoms with Gasteiger partial charge in [0, 0.05) is 18.7 Å². The number of aliphatic hydroxyl groups excluding tert-OH is 1. The first-order valence-corrected chi connectivity index (χ1v) is 13.2. The molecule has 0 radical (unpaired) electrons. The normalized spacial score (nSPS) is 15.5. The molecule has 8 nitrogen and oxygen atoms in total. The number of carbonyl (C=O) groups excluding carboxylic acids is 2. The van der Waals surface area contributed by atoms with Gasteiger partial charge in [0.1, 0.15) is 5.01 Å². The summed E-state index contributed by atoms with van der Waals surface area (Å²) in [4.78, 5) is 33.8. The van der Waals surface area contributed by atoms with Crippen molar-refractivity contribution < 1.29 is 28.9 Å². The Morgan fingerprint density at radius 2 is 1.82 bits per heavy atom. The average Bonchev–Trinajstić information content (AvgIpc) is 3.43. The van der Waals surface area contributed by atoms with Crippen LogP contribution in [-0.4, -0.2) is 60.2 Å². The molecule has 1 amide bonds. The molecule has 0 aliphatic carbocycles. The minimum Gasteiger partial charge on any atom is -0.503 e. The minimum atomic E-state index is -0.810. The van der Waals surface area contributed by atoms with Gasteiger partial charge < -0.3 is 24.2 Å². The number of ether oxygens (including phenoxy) is 3. The molecule has 2 heterocycles. The molecule has 1 N–H and O–H groups in total. The van der Waals surface area contributed by atoms with Crippen LogP contribution in [0.1, 0.15) is 47.2 Å². The van der Waals surface area contributed by atoms with Gasteiger partial charge in [-0.2, -0.15) is 0 Å². The van der Waals surface area contributed by atoms with Crippen LogP contribution < -0.4 is 9.47 Å². The predicted octanol–water partition coefficient (Wildman–Crippen LogP) is 5.53. The Hall–Kier alpha value is -3.69. The summed E-state index contributed by atoms with van der Waals surface area (Å²) in [6, 6.07) is 14.0. The van der Waals surface area contributed by atoms with Gasteiger partial charge in [-0.3, -0.25) is 9.59 Å². The highest BCUT2D eigenvalue weighted by Crippen LogP contribution is 2.43. The molecule has 2 aromatic carbocycles. The number of amides is 1. The molecule has 0 bridgehead atoms. The van der Waals surface area contributed by atoms with Gasteiger partial charge in [-0.1, -0.05) is 36.4 Å². The monoisotopic (exact) mass is 536 g/mol. The lowest BCUT2D eigenvalue weighted by atomic mass is 9.94. The molecule has 1 unspecified atom stereocenters. The first-order valence-electron chi connectivity index (χ1n) is 12.4. The van der Waals surface area contributed by atoms with Crippen molar-refractivity contribution in [1.29, 1.82) is 0 Å². The van der Waals surface area contributed by atoms with Gasteiger partial charge >= 0.3 is 0 Å². The first kappa shape index (κ1) is 27.3. The highest BCUT2D eigenvalue weighted by atomic mass is 32.1. The van der Waals surface area contributed by atoms with E-state index in [9.17, 15) is 14.7 Å². The number of aryl methyl sites for hydroxylation is 1. The van der Waals surface area contributed by atoms with Gasteiger partial charge in [-0.15, -0.1) is 11.3 Å². The Morgan fingerprint density at radius 3 is 2.47 bits per heavy atom. The summed E-state index contributed by atoms with van der Waals surface area (Å²) in [7, 11) is 3.06. The molecular formula is C29H32N2O6S. The molecule has 1 aromatic heterocycles. The lowest BCUT2D eigenvalue weighted by Gasteiger charge is -2.27. The number of nitrogens with zero attached hydrogens (tertiary/aromatic N) is 2. The summed E-state index contributed by atoms with van der Waals surface area (Å²) in [5, 5.41) is 11.7. The van der Waals surface area contributed by atoms with Crippen molar-refractivity contribution in [1.82, 2.24) is 9.88 Å². The zero-order chi connectivity index (χ0) is 27.4. The summed E-state index contributed by atoms with van der Waals surface area (Å²) in [5.41, 5.74) is 2.09. The van der Waals surface area contributed by atoms with Crippen LogP contribution in [0.25, 0.3) is 10.6 Å². The SMILES string of the molecule is COc1ccc(C2C(C(=O)c3sc(-c4ccccc4)nc3C)=C(O)C(=O)N2CCCOC(C)C)cc1OC. The number of hydrogen-bond acceptors (Lipinski definition) is 8. The molecule has 4 rings (SSSR count). The Bertz CT molecular complexity index is 1350. The summed E-state index contributed by atoms with van der Waals surface area (Å²) in [5.74, 6) is -0.589. The molecule has 1 atom stereocenters. The lowest BCUT2D eigenvalue weighted by Crippen LogP contribution is -2.32. The smallest absolute Gasteiger partial charge is 0.290 e. The van der Waals surface area contributed by atoms with E-state index in [4.69, 9.17) is 14.2 Å². The zero-order valence-corrected chi connectivity index (χ0v) is 23.0. The largest absolute Gasteiger partial charge is 0.503 e. The standard InChI is InChI=1S/C29H32N2O6S/c1-17(2)37-15-9-14-31-24(20-12-13-21(35-4)22(16-20)36-5)23(26(33)29(31)34)25(32)27-18(3)30-28(38-27)19-10-7-6-8-11-19/h6-8,10-13,16-17,24,33H,9,14-15H2,1-5H3. The highest BCUT2D eigenvalue weighted by Gasteiger charge is 2.44. The van der Waals surface area contributed by atoms with Gasteiger partial charge in [-0.05, 0) is 44.9 Å². The third-order valence-corrected chi connectivity index (χ3v) is 7.49. The highest BCUT2D eigenvalue weighted by molar-refractivity contribution is 7.17. The van der Waals surface area contributed by atoms with E-state index in [1.807, 2.05) is 44.2 Å². The Balaban J connectivity index is 1.75. The summed E-state index contributed by atoms with van der Waals surface area (Å²) in [6.07, 6.45) is 0.600. The van der Waals surface area contributed by atoms with Crippen molar-refractivity contribution in [3.8, 4) is 22.1 Å². The summed E-state index contributed by atoms with van der Waals surface area (Å²) in [6.45, 7) is 6.38. The predicted molar refractivity (Wildman–Crippen MR) is 146 cm³/mol. The van der Waals surface area contributed by atoms with E-state index in [2.05, 4.69) is 4.98 Å². The second-order valence-corrected chi connectivity index (χ2v) is 10.2. The van der Waals surface area contributed by atoms with E-state index in [-0.39, 0.29) is 11.7 Å². The second-order valence-electron chi connectivity index (χ2n) is 9.18. The molecule has 0 saturated carbocycles. The van der Waals surface area contributed by atoms with Crippen molar-refractivity contribution >= 4 is 23.0 Å². The van der Waals surface area contributed by atoms with Gasteiger partial charge in [0.2, 0.25) is 5.78 Å². The number of benzene rings is 2. The molecular weight excluding hydrogens is 504 g/mol. The van der Waals surface area contributed by atoms with E-state index in [0.717, 1.165) is 5.56 Å². The number of aromatic nitrogens is 1. The van der Waals surface area contributed by atoms with E-state index < -0.39 is 23.5 Å². The van der Waals surface area contributed by atoms with Crippen molar-refractivity contribution in [3.05, 3.63) is 76.0 Å². The van der Waals surface area contributed by atoms with Crippen molar-refractivity contribution in [2.75, 3.05) is 27.4 Å². The van der Waals surface area contributed by atoms with Crippen LogP contribution in [0, 0.1) is 6.92 Å². The summed E-state index contributed by atoms with van der Waals surface area (Å²) >= 11 is 1.25. The molecule has 1 aliphatic rings. The second kappa shape index (κ2) is 11.8. The molecule has 3 aromatic rings. The van der Waals surface area contributed by atoms with Crippen molar-refractivity contribution in [2.24, 2.45) is 0 Å². The number of hydrogen-bond donors (Lipinski definition) is 1. The number of carbonyl (C=O) groups is 2. The number of rotatable bonds is 11. The zero-order valence-electron chi connectivity index (χ0n) is 22.2. The molecule has 0 spiro atoms. The van der Waals surface area contributed by atoms with Crippen LogP contribution in [0.3, 0.4) is 0 Å². The molecule has 1 aliphatic heterocycles. The molecule has 9 heteroatoms. The molecule has 0 fully saturated rings. The van der Waals surface area contributed by atoms with Crippen LogP contribution in [0.2, 0.25) is 0 Å². The fourth-order valence-corrected chi connectivity index (χ4v) is 5.50. The number of Topliss-reactive ketones (excluding diaryl/α,β-unsaturated/α-hetero) is 1. The van der Waals surface area contributed by atoms with Gasteiger partial charge in [0.15, 0.2) is 17.3 Å². The average molecular weight is 537 g/mol. The van der Waals surface area contributed by atoms with Gasteiger partial charge in [-0.25, -0.2) is 4.98 Å². The third-order valence-electron chi connectivity index (χ3n) is 6.29. The Kier molecular flexibility index (Phi) is 8.48. The fourth-order valence-electron chi connectivity index (χ4n) is 4.47. The van der Waals surface area contributed by atoms with Crippen LogP contribution >= 0.6 is 11.3 Å². The third kappa shape index (κ3) is 5.44. The maximum Gasteiger partial charge on any atom is 0.290 e. The van der Waals surface area contributed by atoms with Crippen LogP contribution in [0.4, 0.5) is 0 Å². The van der Waals surface area contributed by atoms with Crippen molar-refractivity contribution in [2.45, 2.75) is 39.3 Å². The fraction of sp³-hybridized carbons (Fsp3) is 0.345. The van der Waals surface area contributed by atoms with E-state index in [0.29, 0.717) is 52.2 Å². The maximum absolute atomic E-state index is 14.0. The first-order chi connectivity index (χ1) is 18.3. The quantitative estimate of drug-likeness (QED) is 0.254.